The lowest BCUT2D eigenvalue weighted by molar-refractivity contribution is 0.196. The molecule has 2 N–H and O–H groups in total. The summed E-state index contributed by atoms with van der Waals surface area (Å²) in [6.45, 7) is 5.31. The zero-order valence-electron chi connectivity index (χ0n) is 14.0. The molecule has 0 heterocycles. The molecule has 0 amide bonds. The van der Waals surface area contributed by atoms with E-state index in [-0.39, 0.29) is 19.3 Å². The molecule has 124 valence electrons. The average molecular weight is 315 g/mol. The largest absolute Gasteiger partial charge is 0.493 e. The van der Waals surface area contributed by atoms with Crippen molar-refractivity contribution in [2.75, 3.05) is 20.3 Å². The summed E-state index contributed by atoms with van der Waals surface area (Å²) in [6.07, 6.45) is 0. The standard InChI is InChI=1S/C19H25NO3/c1-14-6-4-5-7-17(14)13-20-15(2)16-8-9-18(23-11-10-21)19(12-16)22-3/h4-9,12,15,20-21H,10-11,13H2,1-3H3. The second kappa shape index (κ2) is 8.56. The van der Waals surface area contributed by atoms with Crippen molar-refractivity contribution < 1.29 is 14.6 Å². The first-order chi connectivity index (χ1) is 11.2. The minimum absolute atomic E-state index is 0.0146. The fourth-order valence-electron chi connectivity index (χ4n) is 2.42. The number of hydrogen-bond acceptors (Lipinski definition) is 4. The molecule has 0 saturated carbocycles. The molecule has 0 fully saturated rings. The molecule has 23 heavy (non-hydrogen) atoms. The molecule has 0 saturated heterocycles. The molecule has 1 atom stereocenters. The van der Waals surface area contributed by atoms with Gasteiger partial charge in [0, 0.05) is 12.6 Å². The lowest BCUT2D eigenvalue weighted by Gasteiger charge is -2.17. The van der Waals surface area contributed by atoms with Crippen molar-refractivity contribution >= 4 is 0 Å². The van der Waals surface area contributed by atoms with E-state index < -0.39 is 0 Å². The quantitative estimate of drug-likeness (QED) is 0.785. The predicted molar refractivity (Wildman–Crippen MR) is 92.0 cm³/mol. The van der Waals surface area contributed by atoms with Gasteiger partial charge in [0.1, 0.15) is 6.61 Å². The second-order valence-corrected chi connectivity index (χ2v) is 5.51. The molecule has 0 bridgehead atoms. The smallest absolute Gasteiger partial charge is 0.161 e. The summed E-state index contributed by atoms with van der Waals surface area (Å²) in [5.41, 5.74) is 3.72. The Balaban J connectivity index is 2.04. The number of hydrogen-bond donors (Lipinski definition) is 2. The molecule has 2 rings (SSSR count). The van der Waals surface area contributed by atoms with Crippen LogP contribution in [0.25, 0.3) is 0 Å². The van der Waals surface area contributed by atoms with E-state index in [1.165, 1.54) is 11.1 Å². The molecular formula is C19H25NO3. The van der Waals surface area contributed by atoms with Gasteiger partial charge in [-0.25, -0.2) is 0 Å². The Kier molecular flexibility index (Phi) is 6.44. The molecule has 0 aliphatic carbocycles. The number of methoxy groups -OCH3 is 1. The molecule has 0 aliphatic rings. The molecule has 0 aromatic heterocycles. The van der Waals surface area contributed by atoms with Crippen molar-refractivity contribution in [3.05, 3.63) is 59.2 Å². The monoisotopic (exact) mass is 315 g/mol. The van der Waals surface area contributed by atoms with Gasteiger partial charge in [-0.3, -0.25) is 0 Å². The van der Waals surface area contributed by atoms with Crippen molar-refractivity contribution in [2.45, 2.75) is 26.4 Å². The Morgan fingerprint density at radius 2 is 1.91 bits per heavy atom. The van der Waals surface area contributed by atoms with Gasteiger partial charge in [0.2, 0.25) is 0 Å². The minimum atomic E-state index is -0.0146. The van der Waals surface area contributed by atoms with E-state index in [1.54, 1.807) is 7.11 Å². The molecule has 1 unspecified atom stereocenters. The fraction of sp³-hybridized carbons (Fsp3) is 0.368. The van der Waals surface area contributed by atoms with Gasteiger partial charge in [0.15, 0.2) is 11.5 Å². The van der Waals surface area contributed by atoms with Crippen molar-refractivity contribution in [2.24, 2.45) is 0 Å². The Hall–Kier alpha value is -2.04. The summed E-state index contributed by atoms with van der Waals surface area (Å²) in [5, 5.41) is 12.4. The van der Waals surface area contributed by atoms with Crippen LogP contribution in [0.4, 0.5) is 0 Å². The summed E-state index contributed by atoms with van der Waals surface area (Å²) < 4.78 is 10.8. The van der Waals surface area contributed by atoms with Gasteiger partial charge in [-0.05, 0) is 42.7 Å². The van der Waals surface area contributed by atoms with E-state index in [0.717, 1.165) is 12.1 Å². The zero-order chi connectivity index (χ0) is 16.7. The molecule has 4 nitrogen and oxygen atoms in total. The van der Waals surface area contributed by atoms with Crippen molar-refractivity contribution in [1.82, 2.24) is 5.32 Å². The van der Waals surface area contributed by atoms with Gasteiger partial charge >= 0.3 is 0 Å². The average Bonchev–Trinajstić information content (AvgIpc) is 2.58. The Labute approximate surface area is 138 Å². The van der Waals surface area contributed by atoms with Crippen LogP contribution in [0.3, 0.4) is 0 Å². The summed E-state index contributed by atoms with van der Waals surface area (Å²) in [7, 11) is 1.62. The number of benzene rings is 2. The van der Waals surface area contributed by atoms with E-state index in [9.17, 15) is 0 Å². The lowest BCUT2D eigenvalue weighted by Crippen LogP contribution is -2.18. The predicted octanol–water partition coefficient (Wildman–Crippen LogP) is 3.23. The van der Waals surface area contributed by atoms with E-state index in [0.29, 0.717) is 11.5 Å². The van der Waals surface area contributed by atoms with E-state index in [4.69, 9.17) is 14.6 Å². The summed E-state index contributed by atoms with van der Waals surface area (Å²) in [5.74, 6) is 1.33. The highest BCUT2D eigenvalue weighted by Crippen LogP contribution is 2.30. The van der Waals surface area contributed by atoms with Crippen LogP contribution in [-0.4, -0.2) is 25.4 Å². The summed E-state index contributed by atoms with van der Waals surface area (Å²) >= 11 is 0. The first-order valence-electron chi connectivity index (χ1n) is 7.85. The van der Waals surface area contributed by atoms with Gasteiger partial charge < -0.3 is 19.9 Å². The highest BCUT2D eigenvalue weighted by Gasteiger charge is 2.11. The molecular weight excluding hydrogens is 290 g/mol. The van der Waals surface area contributed by atoms with Gasteiger partial charge in [-0.2, -0.15) is 0 Å². The Morgan fingerprint density at radius 1 is 1.13 bits per heavy atom. The van der Waals surface area contributed by atoms with Crippen LogP contribution in [0.15, 0.2) is 42.5 Å². The highest BCUT2D eigenvalue weighted by atomic mass is 16.5. The SMILES string of the molecule is COc1cc(C(C)NCc2ccccc2C)ccc1OCCO. The first kappa shape index (κ1) is 17.3. The number of aryl methyl sites for hydroxylation is 1. The Morgan fingerprint density at radius 3 is 2.61 bits per heavy atom. The molecule has 0 aliphatic heterocycles. The maximum atomic E-state index is 8.86. The van der Waals surface area contributed by atoms with Crippen molar-refractivity contribution in [3.63, 3.8) is 0 Å². The number of rotatable bonds is 8. The third kappa shape index (κ3) is 4.71. The van der Waals surface area contributed by atoms with Gasteiger partial charge in [-0.1, -0.05) is 30.3 Å². The van der Waals surface area contributed by atoms with Crippen LogP contribution in [0.2, 0.25) is 0 Å². The van der Waals surface area contributed by atoms with Crippen LogP contribution >= 0.6 is 0 Å². The van der Waals surface area contributed by atoms with Crippen LogP contribution < -0.4 is 14.8 Å². The van der Waals surface area contributed by atoms with Crippen LogP contribution in [0, 0.1) is 6.92 Å². The summed E-state index contributed by atoms with van der Waals surface area (Å²) in [4.78, 5) is 0. The van der Waals surface area contributed by atoms with Gasteiger partial charge in [-0.15, -0.1) is 0 Å². The van der Waals surface area contributed by atoms with E-state index in [1.807, 2.05) is 18.2 Å². The van der Waals surface area contributed by atoms with Gasteiger partial charge in [0.05, 0.1) is 13.7 Å². The number of aliphatic hydroxyl groups is 1. The molecule has 0 spiro atoms. The zero-order valence-corrected chi connectivity index (χ0v) is 14.0. The lowest BCUT2D eigenvalue weighted by atomic mass is 10.1. The normalized spacial score (nSPS) is 12.0. The van der Waals surface area contributed by atoms with E-state index >= 15 is 0 Å². The van der Waals surface area contributed by atoms with Crippen molar-refractivity contribution in [3.8, 4) is 11.5 Å². The minimum Gasteiger partial charge on any atom is -0.493 e. The van der Waals surface area contributed by atoms with Crippen LogP contribution in [0.1, 0.15) is 29.7 Å². The topological polar surface area (TPSA) is 50.7 Å². The van der Waals surface area contributed by atoms with Crippen molar-refractivity contribution in [1.29, 1.82) is 0 Å². The number of nitrogens with one attached hydrogen (secondary N) is 1. The Bertz CT molecular complexity index is 628. The second-order valence-electron chi connectivity index (χ2n) is 5.51. The highest BCUT2D eigenvalue weighted by molar-refractivity contribution is 5.43. The summed E-state index contributed by atoms with van der Waals surface area (Å²) in [6, 6.07) is 14.4. The van der Waals surface area contributed by atoms with Crippen LogP contribution in [-0.2, 0) is 6.54 Å². The number of ether oxygens (including phenoxy) is 2. The van der Waals surface area contributed by atoms with Gasteiger partial charge in [0.25, 0.3) is 0 Å². The molecule has 4 heteroatoms. The van der Waals surface area contributed by atoms with Crippen LogP contribution in [0.5, 0.6) is 11.5 Å². The fourth-order valence-corrected chi connectivity index (χ4v) is 2.42. The third-order valence-electron chi connectivity index (χ3n) is 3.90. The number of aliphatic hydroxyl groups excluding tert-OH is 1. The molecule has 0 radical (unpaired) electrons. The van der Waals surface area contributed by atoms with E-state index in [2.05, 4.69) is 43.4 Å². The molecule has 2 aromatic carbocycles. The maximum absolute atomic E-state index is 8.86. The first-order valence-corrected chi connectivity index (χ1v) is 7.85. The third-order valence-corrected chi connectivity index (χ3v) is 3.90. The maximum Gasteiger partial charge on any atom is 0.161 e. The molecule has 2 aromatic rings.